The Kier molecular flexibility index (Phi) is 5.91. The van der Waals surface area contributed by atoms with Gasteiger partial charge in [-0.05, 0) is 29.3 Å². The summed E-state index contributed by atoms with van der Waals surface area (Å²) in [7, 11) is 0. The SMILES string of the molecule is O=C(Cc1ccccc1)NN=CC=Cc1ccc(Br)cc1. The van der Waals surface area contributed by atoms with E-state index in [2.05, 4.69) is 26.5 Å². The van der Waals surface area contributed by atoms with E-state index in [0.29, 0.717) is 6.42 Å². The van der Waals surface area contributed by atoms with Crippen LogP contribution in [0.5, 0.6) is 0 Å². The summed E-state index contributed by atoms with van der Waals surface area (Å²) in [6.45, 7) is 0. The van der Waals surface area contributed by atoms with Gasteiger partial charge in [0.15, 0.2) is 0 Å². The third-order valence-corrected chi connectivity index (χ3v) is 3.24. The van der Waals surface area contributed by atoms with Crippen LogP contribution in [0.1, 0.15) is 11.1 Å². The normalized spacial score (nSPS) is 11.1. The van der Waals surface area contributed by atoms with Crippen LogP contribution in [0.4, 0.5) is 0 Å². The molecule has 0 fully saturated rings. The highest BCUT2D eigenvalue weighted by Crippen LogP contribution is 2.11. The largest absolute Gasteiger partial charge is 0.273 e. The summed E-state index contributed by atoms with van der Waals surface area (Å²) in [6.07, 6.45) is 5.59. The summed E-state index contributed by atoms with van der Waals surface area (Å²) in [4.78, 5) is 11.6. The summed E-state index contributed by atoms with van der Waals surface area (Å²) in [5, 5.41) is 3.88. The van der Waals surface area contributed by atoms with Crippen molar-refractivity contribution < 1.29 is 4.79 Å². The predicted molar refractivity (Wildman–Crippen MR) is 90.0 cm³/mol. The first-order chi connectivity index (χ1) is 10.2. The molecule has 2 rings (SSSR count). The maximum absolute atomic E-state index is 11.6. The van der Waals surface area contributed by atoms with Crippen LogP contribution in [0.3, 0.4) is 0 Å². The van der Waals surface area contributed by atoms with Crippen molar-refractivity contribution in [2.45, 2.75) is 6.42 Å². The second-order valence-corrected chi connectivity index (χ2v) is 5.30. The molecule has 0 bridgehead atoms. The van der Waals surface area contributed by atoms with Gasteiger partial charge >= 0.3 is 0 Å². The Morgan fingerprint density at radius 3 is 2.52 bits per heavy atom. The summed E-state index contributed by atoms with van der Waals surface area (Å²) in [6, 6.07) is 17.5. The number of carbonyl (C=O) groups excluding carboxylic acids is 1. The molecule has 3 nitrogen and oxygen atoms in total. The van der Waals surface area contributed by atoms with Gasteiger partial charge in [0, 0.05) is 10.7 Å². The fourth-order valence-corrected chi connectivity index (χ4v) is 1.97. The molecular weight excluding hydrogens is 328 g/mol. The smallest absolute Gasteiger partial charge is 0.244 e. The average Bonchev–Trinajstić information content (AvgIpc) is 2.50. The van der Waals surface area contributed by atoms with Crippen LogP contribution in [0.15, 0.2) is 70.2 Å². The minimum absolute atomic E-state index is 0.130. The van der Waals surface area contributed by atoms with Crippen molar-refractivity contribution in [1.29, 1.82) is 0 Å². The van der Waals surface area contributed by atoms with Crippen LogP contribution in [-0.2, 0) is 11.2 Å². The monoisotopic (exact) mass is 342 g/mol. The fourth-order valence-electron chi connectivity index (χ4n) is 1.70. The average molecular weight is 343 g/mol. The van der Waals surface area contributed by atoms with Crippen molar-refractivity contribution in [2.24, 2.45) is 5.10 Å². The number of nitrogens with zero attached hydrogens (tertiary/aromatic N) is 1. The molecule has 0 heterocycles. The van der Waals surface area contributed by atoms with Crippen molar-refractivity contribution >= 4 is 34.1 Å². The van der Waals surface area contributed by atoms with Crippen molar-refractivity contribution in [1.82, 2.24) is 5.43 Å². The lowest BCUT2D eigenvalue weighted by atomic mass is 10.1. The summed E-state index contributed by atoms with van der Waals surface area (Å²) >= 11 is 3.38. The Morgan fingerprint density at radius 1 is 1.10 bits per heavy atom. The molecule has 2 aromatic rings. The second-order valence-electron chi connectivity index (χ2n) is 4.39. The highest BCUT2D eigenvalue weighted by atomic mass is 79.9. The quantitative estimate of drug-likeness (QED) is 0.651. The van der Waals surface area contributed by atoms with Crippen LogP contribution in [0.2, 0.25) is 0 Å². The molecule has 0 unspecified atom stereocenters. The number of hydrazone groups is 1. The molecule has 0 saturated carbocycles. The van der Waals surface area contributed by atoms with E-state index in [1.807, 2.05) is 60.7 Å². The molecule has 0 aromatic heterocycles. The standard InChI is InChI=1S/C17H15BrN2O/c18-16-10-8-14(9-11-16)7-4-12-19-20-17(21)13-15-5-2-1-3-6-15/h1-12H,13H2,(H,20,21). The van der Waals surface area contributed by atoms with Gasteiger partial charge in [-0.1, -0.05) is 64.5 Å². The highest BCUT2D eigenvalue weighted by molar-refractivity contribution is 9.10. The molecule has 106 valence electrons. The molecule has 1 amide bonds. The van der Waals surface area contributed by atoms with Crippen LogP contribution in [0.25, 0.3) is 6.08 Å². The van der Waals surface area contributed by atoms with E-state index in [1.165, 1.54) is 0 Å². The number of hydrogen-bond donors (Lipinski definition) is 1. The zero-order valence-electron chi connectivity index (χ0n) is 11.4. The van der Waals surface area contributed by atoms with E-state index in [0.717, 1.165) is 15.6 Å². The number of nitrogens with one attached hydrogen (secondary N) is 1. The van der Waals surface area contributed by atoms with Gasteiger partial charge in [0.25, 0.3) is 0 Å². The van der Waals surface area contributed by atoms with Gasteiger partial charge in [-0.2, -0.15) is 5.10 Å². The van der Waals surface area contributed by atoms with Gasteiger partial charge in [-0.3, -0.25) is 4.79 Å². The van der Waals surface area contributed by atoms with Gasteiger partial charge in [0.1, 0.15) is 0 Å². The van der Waals surface area contributed by atoms with Gasteiger partial charge in [0.05, 0.1) is 6.42 Å². The first-order valence-electron chi connectivity index (χ1n) is 6.52. The van der Waals surface area contributed by atoms with Gasteiger partial charge in [-0.25, -0.2) is 5.43 Å². The molecule has 0 atom stereocenters. The molecule has 0 spiro atoms. The first-order valence-corrected chi connectivity index (χ1v) is 7.31. The lowest BCUT2D eigenvalue weighted by Gasteiger charge is -1.99. The maximum Gasteiger partial charge on any atom is 0.244 e. The molecule has 2 aromatic carbocycles. The Hall–Kier alpha value is -2.20. The second kappa shape index (κ2) is 8.17. The first kappa shape index (κ1) is 15.2. The van der Waals surface area contributed by atoms with Gasteiger partial charge in [0.2, 0.25) is 5.91 Å². The van der Waals surface area contributed by atoms with E-state index in [9.17, 15) is 4.79 Å². The number of benzene rings is 2. The van der Waals surface area contributed by atoms with Crippen LogP contribution in [-0.4, -0.2) is 12.1 Å². The van der Waals surface area contributed by atoms with Crippen LogP contribution in [0, 0.1) is 0 Å². The van der Waals surface area contributed by atoms with E-state index in [-0.39, 0.29) is 5.91 Å². The summed E-state index contributed by atoms with van der Waals surface area (Å²) in [5.74, 6) is -0.130. The number of allylic oxidation sites excluding steroid dienone is 1. The molecule has 0 aliphatic rings. The third-order valence-electron chi connectivity index (χ3n) is 2.72. The Morgan fingerprint density at radius 2 is 1.81 bits per heavy atom. The summed E-state index contributed by atoms with van der Waals surface area (Å²) < 4.78 is 1.04. The zero-order chi connectivity index (χ0) is 14.9. The molecule has 0 aliphatic carbocycles. The van der Waals surface area contributed by atoms with Crippen molar-refractivity contribution in [3.8, 4) is 0 Å². The topological polar surface area (TPSA) is 41.5 Å². The fraction of sp³-hybridized carbons (Fsp3) is 0.0588. The van der Waals surface area contributed by atoms with Crippen LogP contribution < -0.4 is 5.43 Å². The molecule has 21 heavy (non-hydrogen) atoms. The third kappa shape index (κ3) is 5.75. The van der Waals surface area contributed by atoms with Crippen molar-refractivity contribution in [3.63, 3.8) is 0 Å². The van der Waals surface area contributed by atoms with E-state index < -0.39 is 0 Å². The molecule has 4 heteroatoms. The van der Waals surface area contributed by atoms with E-state index >= 15 is 0 Å². The number of carbonyl (C=O) groups is 1. The Labute approximate surface area is 132 Å². The van der Waals surface area contributed by atoms with Crippen molar-refractivity contribution in [3.05, 3.63) is 76.3 Å². The minimum atomic E-state index is -0.130. The maximum atomic E-state index is 11.6. The molecule has 0 radical (unpaired) electrons. The molecule has 0 aliphatic heterocycles. The lowest BCUT2D eigenvalue weighted by molar-refractivity contribution is -0.120. The predicted octanol–water partition coefficient (Wildman–Crippen LogP) is 3.81. The molecule has 0 saturated heterocycles. The zero-order valence-corrected chi connectivity index (χ0v) is 13.0. The van der Waals surface area contributed by atoms with E-state index in [4.69, 9.17) is 0 Å². The number of halogens is 1. The molecular formula is C17H15BrN2O. The molecule has 1 N–H and O–H groups in total. The Bertz CT molecular complexity index is 634. The number of rotatable bonds is 5. The van der Waals surface area contributed by atoms with E-state index in [1.54, 1.807) is 12.3 Å². The lowest BCUT2D eigenvalue weighted by Crippen LogP contribution is -2.19. The number of hydrogen-bond acceptors (Lipinski definition) is 2. The van der Waals surface area contributed by atoms with Gasteiger partial charge < -0.3 is 0 Å². The minimum Gasteiger partial charge on any atom is -0.273 e. The van der Waals surface area contributed by atoms with Gasteiger partial charge in [-0.15, -0.1) is 0 Å². The van der Waals surface area contributed by atoms with Crippen LogP contribution >= 0.6 is 15.9 Å². The highest BCUT2D eigenvalue weighted by Gasteiger charge is 1.99. The summed E-state index contributed by atoms with van der Waals surface area (Å²) in [5.41, 5.74) is 4.54. The Balaban J connectivity index is 1.77. The van der Waals surface area contributed by atoms with Crippen molar-refractivity contribution in [2.75, 3.05) is 0 Å². The number of amides is 1.